The molecule has 0 aliphatic carbocycles. The maximum Gasteiger partial charge on any atom is 0.229 e. The Morgan fingerprint density at radius 2 is 1.91 bits per heavy atom. The third-order valence-corrected chi connectivity index (χ3v) is 7.50. The molecule has 0 amide bonds. The van der Waals surface area contributed by atoms with Crippen molar-refractivity contribution >= 4 is 41.0 Å². The van der Waals surface area contributed by atoms with Gasteiger partial charge in [0.1, 0.15) is 5.82 Å². The van der Waals surface area contributed by atoms with Crippen molar-refractivity contribution in [1.82, 2.24) is 14.9 Å². The van der Waals surface area contributed by atoms with Crippen LogP contribution in [0.5, 0.6) is 0 Å². The molecule has 1 aliphatic rings. The van der Waals surface area contributed by atoms with E-state index in [1.54, 1.807) is 6.07 Å². The summed E-state index contributed by atoms with van der Waals surface area (Å²) < 4.78 is 0. The van der Waals surface area contributed by atoms with Crippen LogP contribution in [0.15, 0.2) is 30.3 Å². The van der Waals surface area contributed by atoms with E-state index in [9.17, 15) is 5.26 Å². The minimum Gasteiger partial charge on any atom is -0.355 e. The third kappa shape index (κ3) is 8.07. The summed E-state index contributed by atoms with van der Waals surface area (Å²) in [5, 5.41) is 12.5. The van der Waals surface area contributed by atoms with E-state index in [0.29, 0.717) is 17.6 Å². The second kappa shape index (κ2) is 14.4. The number of hydrogen-bond acceptors (Lipinski definition) is 8. The van der Waals surface area contributed by atoms with Crippen molar-refractivity contribution in [2.45, 2.75) is 45.1 Å². The lowest BCUT2D eigenvalue weighted by Crippen LogP contribution is -2.39. The molecule has 1 aromatic carbocycles. The number of nitrogens with one attached hydrogen (secondary N) is 1. The minimum atomic E-state index is 0.581. The maximum absolute atomic E-state index is 9.21. The number of thioether (sulfide) groups is 2. The van der Waals surface area contributed by atoms with Gasteiger partial charge in [0, 0.05) is 36.6 Å². The first-order valence-electron chi connectivity index (χ1n) is 12.3. The lowest BCUT2D eigenvalue weighted by atomic mass is 10.2. The fourth-order valence-electron chi connectivity index (χ4n) is 4.43. The zero-order chi connectivity index (χ0) is 24.2. The van der Waals surface area contributed by atoms with Gasteiger partial charge in [-0.15, -0.1) is 0 Å². The summed E-state index contributed by atoms with van der Waals surface area (Å²) in [7, 11) is 0. The van der Waals surface area contributed by atoms with Gasteiger partial charge in [0.25, 0.3) is 0 Å². The van der Waals surface area contributed by atoms with E-state index in [-0.39, 0.29) is 0 Å². The molecule has 6 nitrogen and oxygen atoms in total. The lowest BCUT2D eigenvalue weighted by Gasteiger charge is -2.29. The minimum absolute atomic E-state index is 0.581. The molecule has 0 bridgehead atoms. The summed E-state index contributed by atoms with van der Waals surface area (Å²) in [6, 6.07) is 12.4. The van der Waals surface area contributed by atoms with Gasteiger partial charge in [-0.2, -0.15) is 33.8 Å². The van der Waals surface area contributed by atoms with Crippen molar-refractivity contribution in [3.8, 4) is 6.07 Å². The fourth-order valence-corrected chi connectivity index (χ4v) is 5.27. The molecule has 0 spiro atoms. The Morgan fingerprint density at radius 3 is 2.59 bits per heavy atom. The molecule has 1 N–H and O–H groups in total. The number of hydrogen-bond donors (Lipinski definition) is 1. The highest BCUT2D eigenvalue weighted by Gasteiger charge is 2.28. The molecule has 1 unspecified atom stereocenters. The first kappa shape index (κ1) is 26.7. The first-order valence-corrected chi connectivity index (χ1v) is 15.1. The smallest absolute Gasteiger partial charge is 0.229 e. The fraction of sp³-hybridized carbons (Fsp3) is 0.577. The summed E-state index contributed by atoms with van der Waals surface area (Å²) in [6.07, 6.45) is 10.0. The van der Waals surface area contributed by atoms with Gasteiger partial charge in [0.05, 0.1) is 11.6 Å². The maximum atomic E-state index is 9.21. The second-order valence-electron chi connectivity index (χ2n) is 8.73. The molecular formula is C26H38N6S2. The van der Waals surface area contributed by atoms with Crippen LogP contribution in [0.25, 0.3) is 0 Å². The Morgan fingerprint density at radius 1 is 1.15 bits per heavy atom. The lowest BCUT2D eigenvalue weighted by molar-refractivity contribution is 0.211. The average molecular weight is 499 g/mol. The SMILES string of the molecule is CCCc1cc(N2CCC(N(CCCSC)CCCSC)C2)nc(Nc2cccc(C#N)c2)n1. The molecule has 34 heavy (non-hydrogen) atoms. The van der Waals surface area contributed by atoms with Gasteiger partial charge in [-0.3, -0.25) is 4.90 Å². The number of nitriles is 1. The van der Waals surface area contributed by atoms with Crippen LogP contribution < -0.4 is 10.2 Å². The summed E-state index contributed by atoms with van der Waals surface area (Å²) in [6.45, 7) is 6.59. The Labute approximate surface area is 213 Å². The largest absolute Gasteiger partial charge is 0.355 e. The number of benzene rings is 1. The van der Waals surface area contributed by atoms with Gasteiger partial charge in [0.2, 0.25) is 5.95 Å². The van der Waals surface area contributed by atoms with Crippen LogP contribution in [-0.4, -0.2) is 71.1 Å². The Balaban J connectivity index is 1.73. The molecule has 1 atom stereocenters. The van der Waals surface area contributed by atoms with Crippen LogP contribution in [0.1, 0.15) is 43.9 Å². The van der Waals surface area contributed by atoms with E-state index >= 15 is 0 Å². The number of aryl methyl sites for hydroxylation is 1. The number of anilines is 3. The van der Waals surface area contributed by atoms with Crippen molar-refractivity contribution < 1.29 is 0 Å². The van der Waals surface area contributed by atoms with Crippen molar-refractivity contribution in [3.63, 3.8) is 0 Å². The highest BCUT2D eigenvalue weighted by atomic mass is 32.2. The quantitative estimate of drug-likeness (QED) is 0.346. The van der Waals surface area contributed by atoms with Crippen LogP contribution >= 0.6 is 23.5 Å². The number of aromatic nitrogens is 2. The van der Waals surface area contributed by atoms with Crippen molar-refractivity contribution in [2.75, 3.05) is 60.4 Å². The highest BCUT2D eigenvalue weighted by Crippen LogP contribution is 2.25. The molecule has 1 aromatic heterocycles. The van der Waals surface area contributed by atoms with E-state index in [4.69, 9.17) is 9.97 Å². The zero-order valence-corrected chi connectivity index (χ0v) is 22.4. The van der Waals surface area contributed by atoms with Crippen molar-refractivity contribution in [3.05, 3.63) is 41.6 Å². The number of nitrogens with zero attached hydrogens (tertiary/aromatic N) is 5. The van der Waals surface area contributed by atoms with Gasteiger partial charge >= 0.3 is 0 Å². The number of rotatable bonds is 14. The molecule has 2 aromatic rings. The molecule has 2 heterocycles. The van der Waals surface area contributed by atoms with E-state index in [1.807, 2.05) is 41.7 Å². The normalized spacial score (nSPS) is 15.6. The Kier molecular flexibility index (Phi) is 11.3. The van der Waals surface area contributed by atoms with Crippen LogP contribution in [0.4, 0.5) is 17.5 Å². The zero-order valence-electron chi connectivity index (χ0n) is 20.8. The van der Waals surface area contributed by atoms with E-state index in [0.717, 1.165) is 43.1 Å². The van der Waals surface area contributed by atoms with Gasteiger partial charge < -0.3 is 10.2 Å². The predicted molar refractivity (Wildman–Crippen MR) is 149 cm³/mol. The van der Waals surface area contributed by atoms with Crippen LogP contribution in [0, 0.1) is 11.3 Å². The predicted octanol–water partition coefficient (Wildman–Crippen LogP) is 5.43. The molecule has 1 aliphatic heterocycles. The van der Waals surface area contributed by atoms with Crippen molar-refractivity contribution in [2.24, 2.45) is 0 Å². The van der Waals surface area contributed by atoms with Gasteiger partial charge in [-0.1, -0.05) is 19.4 Å². The van der Waals surface area contributed by atoms with Gasteiger partial charge in [0.15, 0.2) is 0 Å². The Bertz CT molecular complexity index is 922. The third-order valence-electron chi connectivity index (χ3n) is 6.11. The van der Waals surface area contributed by atoms with E-state index < -0.39 is 0 Å². The van der Waals surface area contributed by atoms with E-state index in [1.165, 1.54) is 43.9 Å². The molecule has 3 rings (SSSR count). The summed E-state index contributed by atoms with van der Waals surface area (Å²) >= 11 is 3.88. The second-order valence-corrected chi connectivity index (χ2v) is 10.7. The van der Waals surface area contributed by atoms with Crippen LogP contribution in [0.3, 0.4) is 0 Å². The van der Waals surface area contributed by atoms with Crippen molar-refractivity contribution in [1.29, 1.82) is 5.26 Å². The molecular weight excluding hydrogens is 460 g/mol. The molecule has 8 heteroatoms. The standard InChI is InChI=1S/C26H38N6S2/c1-4-8-22-18-25(30-26(28-22)29-23-10-5-9-21(17-23)19-27)32-14-11-24(20-32)31(12-6-15-33-2)13-7-16-34-3/h5,9-10,17-18,24H,4,6-8,11-16,20H2,1-3H3,(H,28,29,30). The topological polar surface area (TPSA) is 68.1 Å². The molecule has 0 saturated carbocycles. The summed E-state index contributed by atoms with van der Waals surface area (Å²) in [5.41, 5.74) is 2.53. The first-order chi connectivity index (χ1) is 16.7. The Hall–Kier alpha value is -1.95. The highest BCUT2D eigenvalue weighted by molar-refractivity contribution is 7.98. The van der Waals surface area contributed by atoms with Crippen LogP contribution in [-0.2, 0) is 6.42 Å². The monoisotopic (exact) mass is 498 g/mol. The average Bonchev–Trinajstić information content (AvgIpc) is 3.34. The molecule has 1 fully saturated rings. The molecule has 184 valence electrons. The van der Waals surface area contributed by atoms with Gasteiger partial charge in [-0.05, 0) is 81.0 Å². The summed E-state index contributed by atoms with van der Waals surface area (Å²) in [4.78, 5) is 14.8. The van der Waals surface area contributed by atoms with Gasteiger partial charge in [-0.25, -0.2) is 4.98 Å². The summed E-state index contributed by atoms with van der Waals surface area (Å²) in [5.74, 6) is 4.07. The molecule has 1 saturated heterocycles. The molecule has 0 radical (unpaired) electrons. The van der Waals surface area contributed by atoms with Crippen LogP contribution in [0.2, 0.25) is 0 Å². The van der Waals surface area contributed by atoms with E-state index in [2.05, 4.69) is 46.7 Å².